The lowest BCUT2D eigenvalue weighted by Gasteiger charge is -2.10. The Balaban J connectivity index is 1.70. The van der Waals surface area contributed by atoms with Crippen LogP contribution in [0.3, 0.4) is 0 Å². The molecule has 11 heteroatoms. The molecule has 2 heterocycles. The number of hydrogen-bond donors (Lipinski definition) is 2. The van der Waals surface area contributed by atoms with Crippen molar-refractivity contribution in [1.29, 1.82) is 0 Å². The molecule has 2 aromatic heterocycles. The fourth-order valence-electron chi connectivity index (χ4n) is 2.83. The van der Waals surface area contributed by atoms with E-state index in [1.807, 2.05) is 13.8 Å². The number of benzene rings is 1. The molecule has 31 heavy (non-hydrogen) atoms. The van der Waals surface area contributed by atoms with Crippen molar-refractivity contribution in [2.45, 2.75) is 25.5 Å². The summed E-state index contributed by atoms with van der Waals surface area (Å²) in [5.74, 6) is -1.05. The molecule has 1 amide bonds. The molecule has 3 aromatic rings. The van der Waals surface area contributed by atoms with E-state index < -0.39 is 17.5 Å². The van der Waals surface area contributed by atoms with E-state index in [0.29, 0.717) is 42.9 Å². The van der Waals surface area contributed by atoms with Gasteiger partial charge in [-0.3, -0.25) is 4.79 Å². The van der Waals surface area contributed by atoms with E-state index in [4.69, 9.17) is 4.74 Å². The van der Waals surface area contributed by atoms with Gasteiger partial charge in [0.25, 0.3) is 5.91 Å². The maximum absolute atomic E-state index is 13.3. The molecule has 1 aromatic carbocycles. The first-order valence-electron chi connectivity index (χ1n) is 9.94. The van der Waals surface area contributed by atoms with Crippen LogP contribution in [0.5, 0.6) is 0 Å². The van der Waals surface area contributed by atoms with E-state index in [1.165, 1.54) is 17.8 Å². The Hall–Kier alpha value is -2.79. The van der Waals surface area contributed by atoms with Crippen LogP contribution in [0, 0.1) is 11.6 Å². The summed E-state index contributed by atoms with van der Waals surface area (Å²) < 4.78 is 33.4. The van der Waals surface area contributed by atoms with Gasteiger partial charge in [-0.25, -0.2) is 23.4 Å². The number of anilines is 1. The van der Waals surface area contributed by atoms with Crippen LogP contribution in [0.15, 0.2) is 29.6 Å². The Labute approximate surface area is 182 Å². The number of halogens is 2. The van der Waals surface area contributed by atoms with Crippen molar-refractivity contribution < 1.29 is 18.3 Å². The first-order valence-corrected chi connectivity index (χ1v) is 10.9. The number of aromatic nitrogens is 4. The Bertz CT molecular complexity index is 1050. The lowest BCUT2D eigenvalue weighted by Crippen LogP contribution is -2.27. The van der Waals surface area contributed by atoms with Crippen LogP contribution >= 0.6 is 11.8 Å². The summed E-state index contributed by atoms with van der Waals surface area (Å²) in [6.45, 7) is 6.35. The minimum atomic E-state index is -1.06. The molecule has 0 spiro atoms. The van der Waals surface area contributed by atoms with Crippen molar-refractivity contribution in [3.8, 4) is 0 Å². The molecule has 0 fully saturated rings. The van der Waals surface area contributed by atoms with E-state index in [9.17, 15) is 13.6 Å². The first-order chi connectivity index (χ1) is 15.0. The average Bonchev–Trinajstić information content (AvgIpc) is 3.16. The third-order valence-electron chi connectivity index (χ3n) is 4.28. The Morgan fingerprint density at radius 1 is 1.19 bits per heavy atom. The lowest BCUT2D eigenvalue weighted by molar-refractivity contribution is 0.0951. The second kappa shape index (κ2) is 11.0. The molecule has 3 rings (SSSR count). The Morgan fingerprint density at radius 3 is 2.77 bits per heavy atom. The third kappa shape index (κ3) is 5.88. The number of amides is 1. The van der Waals surface area contributed by atoms with Crippen LogP contribution in [-0.4, -0.2) is 57.7 Å². The second-order valence-electron chi connectivity index (χ2n) is 6.40. The van der Waals surface area contributed by atoms with E-state index in [0.717, 1.165) is 23.3 Å². The predicted octanol–water partition coefficient (Wildman–Crippen LogP) is 3.09. The first kappa shape index (κ1) is 22.9. The zero-order valence-corrected chi connectivity index (χ0v) is 18.1. The molecule has 2 N–H and O–H groups in total. The number of thioether (sulfide) groups is 1. The molecule has 0 aliphatic carbocycles. The van der Waals surface area contributed by atoms with Crippen molar-refractivity contribution in [1.82, 2.24) is 25.1 Å². The van der Waals surface area contributed by atoms with Gasteiger partial charge in [-0.15, -0.1) is 0 Å². The smallest absolute Gasteiger partial charge is 0.251 e. The zero-order valence-electron chi connectivity index (χ0n) is 17.3. The van der Waals surface area contributed by atoms with Gasteiger partial charge in [0.05, 0.1) is 24.7 Å². The Morgan fingerprint density at radius 2 is 2.03 bits per heavy atom. The quantitative estimate of drug-likeness (QED) is 0.263. The molecule has 0 atom stereocenters. The van der Waals surface area contributed by atoms with Gasteiger partial charge in [0.1, 0.15) is 5.82 Å². The minimum Gasteiger partial charge on any atom is -0.380 e. The maximum Gasteiger partial charge on any atom is 0.251 e. The largest absolute Gasteiger partial charge is 0.380 e. The van der Waals surface area contributed by atoms with Crippen LogP contribution in [-0.2, 0) is 11.3 Å². The van der Waals surface area contributed by atoms with Crippen molar-refractivity contribution >= 4 is 34.5 Å². The van der Waals surface area contributed by atoms with Crippen LogP contribution in [0.2, 0.25) is 0 Å². The van der Waals surface area contributed by atoms with Gasteiger partial charge in [-0.1, -0.05) is 18.7 Å². The third-order valence-corrected chi connectivity index (χ3v) is 5.01. The molecule has 0 radical (unpaired) electrons. The normalized spacial score (nSPS) is 11.1. The van der Waals surface area contributed by atoms with E-state index in [1.54, 1.807) is 10.9 Å². The molecule has 8 nitrogen and oxygen atoms in total. The molecule has 0 aliphatic heterocycles. The number of ether oxygens (including phenoxy) is 1. The van der Waals surface area contributed by atoms with Gasteiger partial charge in [0.2, 0.25) is 0 Å². The zero-order chi connectivity index (χ0) is 22.2. The molecule has 0 unspecified atom stereocenters. The van der Waals surface area contributed by atoms with Crippen LogP contribution in [0.4, 0.5) is 14.6 Å². The number of hydrogen-bond acceptors (Lipinski definition) is 7. The highest BCUT2D eigenvalue weighted by Crippen LogP contribution is 2.24. The number of nitrogens with one attached hydrogen (secondary N) is 2. The highest BCUT2D eigenvalue weighted by Gasteiger charge is 2.14. The van der Waals surface area contributed by atoms with Crippen LogP contribution < -0.4 is 10.6 Å². The van der Waals surface area contributed by atoms with Crippen LogP contribution in [0.25, 0.3) is 11.0 Å². The van der Waals surface area contributed by atoms with Gasteiger partial charge in [-0.05, 0) is 30.9 Å². The van der Waals surface area contributed by atoms with Crippen molar-refractivity contribution in [3.63, 3.8) is 0 Å². The summed E-state index contributed by atoms with van der Waals surface area (Å²) in [5.41, 5.74) is 0.695. The SMILES string of the molecule is CCOCCNc1nc(SCC)nc2c1cnn2CCNC(=O)c1ccc(F)c(F)c1. The van der Waals surface area contributed by atoms with Gasteiger partial charge >= 0.3 is 0 Å². The van der Waals surface area contributed by atoms with E-state index in [-0.39, 0.29) is 12.1 Å². The maximum atomic E-state index is 13.3. The monoisotopic (exact) mass is 450 g/mol. The fraction of sp³-hybridized carbons (Fsp3) is 0.400. The summed E-state index contributed by atoms with van der Waals surface area (Å²) in [6, 6.07) is 3.03. The number of carbonyl (C=O) groups excluding carboxylic acids is 1. The molecular weight excluding hydrogens is 426 g/mol. The predicted molar refractivity (Wildman–Crippen MR) is 115 cm³/mol. The standard InChI is InChI=1S/C20H24F2N6O2S/c1-3-30-10-8-23-17-14-12-25-28(18(14)27-20(26-17)31-4-2)9-7-24-19(29)13-5-6-15(21)16(22)11-13/h5-6,11-12H,3-4,7-10H2,1-2H3,(H,24,29)(H,23,26,27). The van der Waals surface area contributed by atoms with E-state index >= 15 is 0 Å². The molecule has 166 valence electrons. The summed E-state index contributed by atoms with van der Waals surface area (Å²) in [4.78, 5) is 21.3. The number of rotatable bonds is 11. The topological polar surface area (TPSA) is 94.0 Å². The van der Waals surface area contributed by atoms with Crippen molar-refractivity contribution in [2.75, 3.05) is 37.4 Å². The summed E-state index contributed by atoms with van der Waals surface area (Å²) >= 11 is 1.52. The summed E-state index contributed by atoms with van der Waals surface area (Å²) in [7, 11) is 0. The van der Waals surface area contributed by atoms with Gasteiger partial charge in [0.15, 0.2) is 22.4 Å². The van der Waals surface area contributed by atoms with Gasteiger partial charge in [0, 0.05) is 25.3 Å². The number of carbonyl (C=O) groups is 1. The van der Waals surface area contributed by atoms with Crippen LogP contribution in [0.1, 0.15) is 24.2 Å². The summed E-state index contributed by atoms with van der Waals surface area (Å²) in [6.07, 6.45) is 1.68. The van der Waals surface area contributed by atoms with Gasteiger partial charge in [-0.2, -0.15) is 5.10 Å². The summed E-state index contributed by atoms with van der Waals surface area (Å²) in [5, 5.41) is 11.7. The van der Waals surface area contributed by atoms with Crippen molar-refractivity contribution in [3.05, 3.63) is 41.6 Å². The molecule has 0 bridgehead atoms. The fourth-order valence-corrected chi connectivity index (χ4v) is 3.39. The Kier molecular flexibility index (Phi) is 8.13. The number of nitrogens with zero attached hydrogens (tertiary/aromatic N) is 4. The number of fused-ring (bicyclic) bond motifs is 1. The highest BCUT2D eigenvalue weighted by atomic mass is 32.2. The second-order valence-corrected chi connectivity index (χ2v) is 7.63. The molecule has 0 aliphatic rings. The van der Waals surface area contributed by atoms with Crippen molar-refractivity contribution in [2.24, 2.45) is 0 Å². The molecule has 0 saturated heterocycles. The lowest BCUT2D eigenvalue weighted by atomic mass is 10.2. The highest BCUT2D eigenvalue weighted by molar-refractivity contribution is 7.99. The molecular formula is C20H24F2N6O2S. The molecule has 0 saturated carbocycles. The van der Waals surface area contributed by atoms with E-state index in [2.05, 4.69) is 25.7 Å². The van der Waals surface area contributed by atoms with Gasteiger partial charge < -0.3 is 15.4 Å². The average molecular weight is 451 g/mol. The minimum absolute atomic E-state index is 0.0500.